The molecule has 2 N–H and O–H groups in total. The lowest BCUT2D eigenvalue weighted by atomic mass is 9.68. The van der Waals surface area contributed by atoms with Crippen molar-refractivity contribution in [3.8, 4) is 5.75 Å². The maximum absolute atomic E-state index is 13.1. The lowest BCUT2D eigenvalue weighted by Gasteiger charge is -2.39. The molecule has 148 valence electrons. The Morgan fingerprint density at radius 2 is 2.00 bits per heavy atom. The zero-order valence-corrected chi connectivity index (χ0v) is 16.2. The zero-order valence-electron chi connectivity index (χ0n) is 15.4. The quantitative estimate of drug-likeness (QED) is 0.753. The molecule has 0 spiro atoms. The molecule has 1 aliphatic heterocycles. The van der Waals surface area contributed by atoms with Gasteiger partial charge in [-0.25, -0.2) is 17.5 Å². The maximum Gasteiger partial charge on any atom is 0.552 e. The lowest BCUT2D eigenvalue weighted by molar-refractivity contribution is 0.308. The number of hydrogen-bond acceptors (Lipinski definition) is 5. The van der Waals surface area contributed by atoms with Crippen molar-refractivity contribution in [2.45, 2.75) is 30.2 Å². The number of fused-ring (bicyclic) bond motifs is 3. The van der Waals surface area contributed by atoms with Gasteiger partial charge in [-0.15, -0.1) is 0 Å². The van der Waals surface area contributed by atoms with Crippen molar-refractivity contribution in [3.05, 3.63) is 65.2 Å². The fourth-order valence-corrected chi connectivity index (χ4v) is 5.44. The molecular weight excluding hydrogens is 394 g/mol. The van der Waals surface area contributed by atoms with Crippen LogP contribution in [0.25, 0.3) is 11.6 Å². The summed E-state index contributed by atoms with van der Waals surface area (Å²) < 4.78 is 46.3. The van der Waals surface area contributed by atoms with Crippen LogP contribution in [0, 0.1) is 11.7 Å². The first-order valence-electron chi connectivity index (χ1n) is 9.44. The van der Waals surface area contributed by atoms with Crippen molar-refractivity contribution in [2.24, 2.45) is 5.92 Å². The molecule has 1 aromatic heterocycles. The number of aromatic nitrogens is 1. The minimum Gasteiger partial charge on any atom is -0.531 e. The molecule has 5 rings (SSSR count). The molecule has 0 bridgehead atoms. The molecule has 0 unspecified atom stereocenters. The first kappa shape index (κ1) is 18.5. The van der Waals surface area contributed by atoms with Gasteiger partial charge < -0.3 is 9.68 Å². The summed E-state index contributed by atoms with van der Waals surface area (Å²) in [6.07, 6.45) is 7.69. The van der Waals surface area contributed by atoms with Crippen LogP contribution in [0.4, 0.5) is 4.39 Å². The molecule has 6 nitrogen and oxygen atoms in total. The Balaban J connectivity index is 1.34. The summed E-state index contributed by atoms with van der Waals surface area (Å²) in [4.78, 5) is 4.45. The molecule has 1 saturated carbocycles. The van der Waals surface area contributed by atoms with Crippen LogP contribution in [0.3, 0.4) is 0 Å². The molecule has 9 heteroatoms. The molecule has 0 saturated heterocycles. The van der Waals surface area contributed by atoms with Crippen LogP contribution in [-0.2, 0) is 16.4 Å². The van der Waals surface area contributed by atoms with E-state index < -0.39 is 23.0 Å². The van der Waals surface area contributed by atoms with Crippen molar-refractivity contribution in [1.29, 1.82) is 0 Å². The van der Waals surface area contributed by atoms with Gasteiger partial charge in [0.2, 0.25) is 10.0 Å². The first-order valence-corrected chi connectivity index (χ1v) is 10.9. The van der Waals surface area contributed by atoms with Gasteiger partial charge in [-0.1, -0.05) is 12.2 Å². The molecule has 0 amide bonds. The van der Waals surface area contributed by atoms with E-state index in [4.69, 9.17) is 4.65 Å². The topological polar surface area (TPSA) is 88.5 Å². The highest BCUT2D eigenvalue weighted by atomic mass is 32.2. The smallest absolute Gasteiger partial charge is 0.531 e. The van der Waals surface area contributed by atoms with Crippen LogP contribution in [0.2, 0.25) is 0 Å². The number of halogens is 1. The van der Waals surface area contributed by atoms with E-state index in [9.17, 15) is 17.8 Å². The third-order valence-corrected chi connectivity index (χ3v) is 7.18. The molecule has 2 aromatic rings. The van der Waals surface area contributed by atoms with Gasteiger partial charge in [-0.2, -0.15) is 0 Å². The summed E-state index contributed by atoms with van der Waals surface area (Å²) in [5.41, 5.74) is 3.90. The number of pyridine rings is 1. The average molecular weight is 412 g/mol. The predicted octanol–water partition coefficient (Wildman–Crippen LogP) is 2.34. The van der Waals surface area contributed by atoms with Crippen LogP contribution < -0.4 is 9.38 Å². The minimum absolute atomic E-state index is 0.0439. The summed E-state index contributed by atoms with van der Waals surface area (Å²) in [7, 11) is -4.75. The molecule has 29 heavy (non-hydrogen) atoms. The van der Waals surface area contributed by atoms with E-state index in [1.165, 1.54) is 12.1 Å². The van der Waals surface area contributed by atoms with E-state index in [1.807, 2.05) is 12.2 Å². The lowest BCUT2D eigenvalue weighted by Crippen LogP contribution is -2.45. The summed E-state index contributed by atoms with van der Waals surface area (Å²) in [5, 5.41) is 10.1. The van der Waals surface area contributed by atoms with E-state index in [-0.39, 0.29) is 16.9 Å². The third-order valence-electron chi connectivity index (χ3n) is 5.64. The zero-order chi connectivity index (χ0) is 20.2. The van der Waals surface area contributed by atoms with Crippen molar-refractivity contribution >= 4 is 28.8 Å². The second-order valence-electron chi connectivity index (χ2n) is 7.54. The molecule has 2 heterocycles. The Morgan fingerprint density at radius 3 is 2.76 bits per heavy atom. The van der Waals surface area contributed by atoms with Crippen LogP contribution in [0.5, 0.6) is 5.75 Å². The van der Waals surface area contributed by atoms with Crippen molar-refractivity contribution < 1.29 is 22.5 Å². The van der Waals surface area contributed by atoms with E-state index >= 15 is 0 Å². The van der Waals surface area contributed by atoms with Gasteiger partial charge in [-0.05, 0) is 54.6 Å². The molecule has 3 aliphatic rings. The van der Waals surface area contributed by atoms with Crippen LogP contribution in [-0.4, -0.2) is 31.6 Å². The van der Waals surface area contributed by atoms with Crippen LogP contribution in [0.15, 0.2) is 47.4 Å². The fraction of sp³-hybridized carbons (Fsp3) is 0.250. The van der Waals surface area contributed by atoms with Gasteiger partial charge in [0.25, 0.3) is 0 Å². The van der Waals surface area contributed by atoms with Gasteiger partial charge in [-0.3, -0.25) is 4.98 Å². The molecule has 2 aliphatic carbocycles. The highest BCUT2D eigenvalue weighted by molar-refractivity contribution is 7.89. The second kappa shape index (κ2) is 6.79. The van der Waals surface area contributed by atoms with Crippen LogP contribution in [0.1, 0.15) is 29.7 Å². The Hall–Kier alpha value is -2.49. The highest BCUT2D eigenvalue weighted by Gasteiger charge is 2.39. The van der Waals surface area contributed by atoms with Gasteiger partial charge in [0, 0.05) is 23.6 Å². The van der Waals surface area contributed by atoms with Crippen molar-refractivity contribution in [2.75, 3.05) is 0 Å². The Morgan fingerprint density at radius 1 is 1.24 bits per heavy atom. The van der Waals surface area contributed by atoms with E-state index in [0.29, 0.717) is 18.6 Å². The summed E-state index contributed by atoms with van der Waals surface area (Å²) >= 11 is 0. The second-order valence-corrected chi connectivity index (χ2v) is 9.25. The summed E-state index contributed by atoms with van der Waals surface area (Å²) in [5.74, 6) is 1.88. The number of nitrogens with one attached hydrogen (secondary N) is 1. The minimum atomic E-state index is -3.70. The number of rotatable bonds is 4. The van der Waals surface area contributed by atoms with Gasteiger partial charge >= 0.3 is 7.12 Å². The van der Waals surface area contributed by atoms with Crippen molar-refractivity contribution in [3.63, 3.8) is 0 Å². The number of benzene rings is 1. The first-order chi connectivity index (χ1) is 13.9. The maximum atomic E-state index is 13.1. The van der Waals surface area contributed by atoms with E-state index in [0.717, 1.165) is 40.9 Å². The Kier molecular flexibility index (Phi) is 4.34. The Bertz CT molecular complexity index is 1140. The largest absolute Gasteiger partial charge is 0.552 e. The average Bonchev–Trinajstić information content (AvgIpc) is 3.12. The van der Waals surface area contributed by atoms with Crippen LogP contribution >= 0.6 is 0 Å². The standard InChI is InChI=1S/C20H18BFN2O4S/c22-13-4-6-15(7-5-13)29(26,27)24-14-8-12(9-14)17-10-21(25)28-19-11-23-18-3-1-2-16(18)20(17)19/h1-2,4-7,10-12,14,24-25H,3,8-9H2. The monoisotopic (exact) mass is 412 g/mol. The van der Waals surface area contributed by atoms with E-state index in [1.54, 1.807) is 12.2 Å². The van der Waals surface area contributed by atoms with Gasteiger partial charge in [0.05, 0.1) is 16.8 Å². The summed E-state index contributed by atoms with van der Waals surface area (Å²) in [6, 6.07) is 4.55. The third kappa shape index (κ3) is 3.29. The number of sulfonamides is 1. The van der Waals surface area contributed by atoms with Gasteiger partial charge in [0.15, 0.2) is 0 Å². The highest BCUT2D eigenvalue weighted by Crippen LogP contribution is 2.46. The number of nitrogens with zero attached hydrogens (tertiary/aromatic N) is 1. The number of hydrogen-bond donors (Lipinski definition) is 2. The summed E-state index contributed by atoms with van der Waals surface area (Å²) in [6.45, 7) is 0. The molecular formula is C20H18BFN2O4S. The predicted molar refractivity (Wildman–Crippen MR) is 107 cm³/mol. The molecule has 0 radical (unpaired) electrons. The normalized spacial score (nSPS) is 22.4. The fourth-order valence-electron chi connectivity index (χ4n) is 4.18. The number of allylic oxidation sites excluding steroid dienone is 2. The molecule has 1 aromatic carbocycles. The molecule has 0 atom stereocenters. The molecule has 1 fully saturated rings. The van der Waals surface area contributed by atoms with E-state index in [2.05, 4.69) is 9.71 Å². The van der Waals surface area contributed by atoms with Crippen molar-refractivity contribution in [1.82, 2.24) is 9.71 Å². The SMILES string of the molecule is O=S(=O)(NC1CC(C2=CB(O)Oc3cnc4c(c32)C=CC4)C1)c1ccc(F)cc1. The van der Waals surface area contributed by atoms with Gasteiger partial charge in [0.1, 0.15) is 11.6 Å². The Labute approximate surface area is 168 Å².